The van der Waals surface area contributed by atoms with Crippen LogP contribution in [0.15, 0.2) is 68.3 Å². The van der Waals surface area contributed by atoms with Crippen LogP contribution >= 0.6 is 0 Å². The summed E-state index contributed by atoms with van der Waals surface area (Å²) >= 11 is 0. The van der Waals surface area contributed by atoms with E-state index in [1.165, 1.54) is 18.2 Å². The second kappa shape index (κ2) is 9.50. The topological polar surface area (TPSA) is 61.8 Å². The second-order valence-electron chi connectivity index (χ2n) is 4.40. The number of Topliss-reactive ketones (excluding diaryl/α,β-unsaturated/α-hetero) is 1. The molecule has 23 heavy (non-hydrogen) atoms. The molecule has 0 saturated carbocycles. The molecule has 5 nitrogen and oxygen atoms in total. The highest BCUT2D eigenvalue weighted by Gasteiger charge is 2.50. The lowest BCUT2D eigenvalue weighted by molar-refractivity contribution is -0.217. The van der Waals surface area contributed by atoms with Crippen LogP contribution in [0.5, 0.6) is 0 Å². The zero-order chi connectivity index (χ0) is 17.1. The van der Waals surface area contributed by atoms with Crippen LogP contribution < -0.4 is 0 Å². The van der Waals surface area contributed by atoms with Crippen molar-refractivity contribution < 1.29 is 23.8 Å². The van der Waals surface area contributed by atoms with Crippen molar-refractivity contribution in [2.75, 3.05) is 19.8 Å². The molecule has 0 N–H and O–H groups in total. The van der Waals surface area contributed by atoms with Crippen molar-refractivity contribution in [3.05, 3.63) is 73.9 Å². The van der Waals surface area contributed by atoms with Gasteiger partial charge in [-0.3, -0.25) is 4.79 Å². The van der Waals surface area contributed by atoms with E-state index >= 15 is 0 Å². The highest BCUT2D eigenvalue weighted by atomic mass is 16.7. The Morgan fingerprint density at radius 3 is 1.91 bits per heavy atom. The van der Waals surface area contributed by atoms with E-state index in [1.807, 2.05) is 0 Å². The minimum atomic E-state index is -2.22. The quantitative estimate of drug-likeness (QED) is 0.206. The summed E-state index contributed by atoms with van der Waals surface area (Å²) in [7, 11) is 0. The van der Waals surface area contributed by atoms with Crippen LogP contribution in [0, 0.1) is 0 Å². The fraction of sp³-hybridized carbons (Fsp3) is 0.222. The van der Waals surface area contributed by atoms with Gasteiger partial charge >= 0.3 is 11.8 Å². The van der Waals surface area contributed by atoms with Gasteiger partial charge in [0.1, 0.15) is 6.61 Å². The summed E-state index contributed by atoms with van der Waals surface area (Å²) in [4.78, 5) is 25.3. The normalized spacial score (nSPS) is 10.6. The number of ketones is 1. The molecule has 0 saturated heterocycles. The molecule has 0 aromatic heterocycles. The van der Waals surface area contributed by atoms with E-state index in [9.17, 15) is 9.59 Å². The molecule has 0 aliphatic heterocycles. The van der Waals surface area contributed by atoms with Gasteiger partial charge in [0.05, 0.1) is 13.2 Å². The molecule has 0 fully saturated rings. The molecule has 1 aromatic rings. The minimum absolute atomic E-state index is 0.0705. The summed E-state index contributed by atoms with van der Waals surface area (Å²) in [5.74, 6) is -3.82. The van der Waals surface area contributed by atoms with Gasteiger partial charge in [-0.1, -0.05) is 55.1 Å². The van der Waals surface area contributed by atoms with Gasteiger partial charge in [0.15, 0.2) is 0 Å². The maximum atomic E-state index is 12.8. The van der Waals surface area contributed by atoms with Crippen LogP contribution in [-0.2, 0) is 19.0 Å². The summed E-state index contributed by atoms with van der Waals surface area (Å²) in [5.41, 5.74) is 0.260. The van der Waals surface area contributed by atoms with Gasteiger partial charge in [0.2, 0.25) is 5.78 Å². The third-order valence-electron chi connectivity index (χ3n) is 2.74. The highest BCUT2D eigenvalue weighted by molar-refractivity contribution is 6.14. The van der Waals surface area contributed by atoms with E-state index in [2.05, 4.69) is 19.7 Å². The molecule has 0 unspecified atom stereocenters. The Balaban J connectivity index is 3.25. The predicted octanol–water partition coefficient (Wildman–Crippen LogP) is 2.70. The molecule has 0 bridgehead atoms. The maximum absolute atomic E-state index is 12.8. The molecule has 0 amide bonds. The van der Waals surface area contributed by atoms with Crippen molar-refractivity contribution >= 4 is 11.8 Å². The fourth-order valence-electron chi connectivity index (χ4n) is 1.75. The molecule has 1 rings (SSSR count). The number of carbonyl (C=O) groups is 2. The van der Waals surface area contributed by atoms with Crippen LogP contribution in [-0.4, -0.2) is 37.4 Å². The molecule has 0 heterocycles. The number of carbonyl (C=O) groups excluding carboxylic acids is 2. The van der Waals surface area contributed by atoms with Gasteiger partial charge in [0.25, 0.3) is 0 Å². The average molecular weight is 316 g/mol. The number of esters is 1. The van der Waals surface area contributed by atoms with Gasteiger partial charge in [-0.05, 0) is 0 Å². The molecule has 0 aliphatic rings. The first-order valence-electron chi connectivity index (χ1n) is 7.00. The van der Waals surface area contributed by atoms with Crippen molar-refractivity contribution in [2.24, 2.45) is 0 Å². The molecular formula is C18H20O5. The van der Waals surface area contributed by atoms with Crippen LogP contribution in [0.25, 0.3) is 0 Å². The van der Waals surface area contributed by atoms with Crippen molar-refractivity contribution in [3.8, 4) is 0 Å². The minimum Gasteiger partial charge on any atom is -0.457 e. The standard InChI is InChI=1S/C18H20O5/c1-4-12-21-17(20)18(22-13-5-2,23-14-6-3)16(19)15-10-8-7-9-11-15/h4-11H,1-3,12-14H2. The van der Waals surface area contributed by atoms with Crippen LogP contribution in [0.3, 0.4) is 0 Å². The largest absolute Gasteiger partial charge is 0.457 e. The SMILES string of the molecule is C=CCOC(=O)C(OCC=C)(OCC=C)C(=O)c1ccccc1. The van der Waals surface area contributed by atoms with Crippen molar-refractivity contribution in [1.82, 2.24) is 0 Å². The molecule has 122 valence electrons. The number of hydrogen-bond donors (Lipinski definition) is 0. The number of hydrogen-bond acceptors (Lipinski definition) is 5. The lowest BCUT2D eigenvalue weighted by Crippen LogP contribution is -2.52. The van der Waals surface area contributed by atoms with Crippen LogP contribution in [0.4, 0.5) is 0 Å². The molecule has 1 aromatic carbocycles. The summed E-state index contributed by atoms with van der Waals surface area (Å²) in [6.45, 7) is 10.3. The summed E-state index contributed by atoms with van der Waals surface area (Å²) < 4.78 is 15.8. The van der Waals surface area contributed by atoms with Gasteiger partial charge in [-0.25, -0.2) is 4.79 Å². The third kappa shape index (κ3) is 4.74. The first kappa shape index (κ1) is 18.5. The molecule has 0 spiro atoms. The van der Waals surface area contributed by atoms with E-state index in [0.717, 1.165) is 0 Å². The third-order valence-corrected chi connectivity index (χ3v) is 2.74. The first-order chi connectivity index (χ1) is 11.1. The number of benzene rings is 1. The lowest BCUT2D eigenvalue weighted by atomic mass is 10.0. The Kier molecular flexibility index (Phi) is 7.66. The average Bonchev–Trinajstić information content (AvgIpc) is 2.60. The molecule has 0 atom stereocenters. The summed E-state index contributed by atoms with van der Waals surface area (Å²) in [6.07, 6.45) is 4.20. The van der Waals surface area contributed by atoms with E-state index < -0.39 is 17.5 Å². The Hall–Kier alpha value is -2.50. The lowest BCUT2D eigenvalue weighted by Gasteiger charge is -2.29. The van der Waals surface area contributed by atoms with Crippen LogP contribution in [0.2, 0.25) is 0 Å². The van der Waals surface area contributed by atoms with E-state index in [-0.39, 0.29) is 25.4 Å². The van der Waals surface area contributed by atoms with Crippen molar-refractivity contribution in [3.63, 3.8) is 0 Å². The Bertz CT molecular complexity index is 550. The number of rotatable bonds is 11. The van der Waals surface area contributed by atoms with E-state index in [4.69, 9.17) is 14.2 Å². The monoisotopic (exact) mass is 316 g/mol. The van der Waals surface area contributed by atoms with Crippen molar-refractivity contribution in [1.29, 1.82) is 0 Å². The number of ether oxygens (including phenoxy) is 3. The second-order valence-corrected chi connectivity index (χ2v) is 4.40. The van der Waals surface area contributed by atoms with E-state index in [1.54, 1.807) is 30.3 Å². The van der Waals surface area contributed by atoms with E-state index in [0.29, 0.717) is 0 Å². The zero-order valence-corrected chi connectivity index (χ0v) is 12.9. The smallest absolute Gasteiger partial charge is 0.376 e. The van der Waals surface area contributed by atoms with Crippen molar-refractivity contribution in [2.45, 2.75) is 5.79 Å². The maximum Gasteiger partial charge on any atom is 0.376 e. The first-order valence-corrected chi connectivity index (χ1v) is 7.00. The van der Waals surface area contributed by atoms with Crippen LogP contribution in [0.1, 0.15) is 10.4 Å². The van der Waals surface area contributed by atoms with Gasteiger partial charge in [0, 0.05) is 5.56 Å². The highest BCUT2D eigenvalue weighted by Crippen LogP contribution is 2.23. The zero-order valence-electron chi connectivity index (χ0n) is 12.9. The molecule has 0 radical (unpaired) electrons. The van der Waals surface area contributed by atoms with Gasteiger partial charge in [-0.15, -0.1) is 13.2 Å². The van der Waals surface area contributed by atoms with Gasteiger partial charge < -0.3 is 14.2 Å². The fourth-order valence-corrected chi connectivity index (χ4v) is 1.75. The Morgan fingerprint density at radius 2 is 1.43 bits per heavy atom. The molecule has 0 aliphatic carbocycles. The Labute approximate surface area is 135 Å². The summed E-state index contributed by atoms with van der Waals surface area (Å²) in [5, 5.41) is 0. The molecule has 5 heteroatoms. The summed E-state index contributed by atoms with van der Waals surface area (Å²) in [6, 6.07) is 8.23. The Morgan fingerprint density at radius 1 is 0.913 bits per heavy atom. The van der Waals surface area contributed by atoms with Gasteiger partial charge in [-0.2, -0.15) is 0 Å². The molecular weight excluding hydrogens is 296 g/mol. The predicted molar refractivity (Wildman–Crippen MR) is 87.0 cm³/mol.